The van der Waals surface area contributed by atoms with Crippen LogP contribution in [-0.2, 0) is 15.3 Å². The molecule has 1 aliphatic heterocycles. The molecule has 0 spiro atoms. The number of methoxy groups -OCH3 is 1. The van der Waals surface area contributed by atoms with E-state index in [1.165, 1.54) is 12.2 Å². The maximum Gasteiger partial charge on any atom is 0.364 e. The van der Waals surface area contributed by atoms with Crippen LogP contribution in [0.3, 0.4) is 0 Å². The summed E-state index contributed by atoms with van der Waals surface area (Å²) in [7, 11) is 1.14. The van der Waals surface area contributed by atoms with E-state index in [2.05, 4.69) is 9.72 Å². The Bertz CT molecular complexity index is 778. The summed E-state index contributed by atoms with van der Waals surface area (Å²) in [4.78, 5) is 28.3. The first-order valence-corrected chi connectivity index (χ1v) is 5.60. The van der Waals surface area contributed by atoms with Crippen LogP contribution in [0.1, 0.15) is 5.82 Å². The summed E-state index contributed by atoms with van der Waals surface area (Å²) in [6, 6.07) is 6.74. The zero-order valence-electron chi connectivity index (χ0n) is 10.0. The van der Waals surface area contributed by atoms with Gasteiger partial charge in [0.1, 0.15) is 5.82 Å². The Morgan fingerprint density at radius 3 is 2.89 bits per heavy atom. The second-order valence-electron chi connectivity index (χ2n) is 4.18. The number of aromatic nitrogens is 2. The predicted molar refractivity (Wildman–Crippen MR) is 67.2 cm³/mol. The first-order chi connectivity index (χ1) is 9.08. The van der Waals surface area contributed by atoms with Crippen molar-refractivity contribution in [3.8, 4) is 0 Å². The second kappa shape index (κ2) is 3.76. The molecule has 6 nitrogen and oxygen atoms in total. The highest BCUT2D eigenvalue weighted by Crippen LogP contribution is 2.25. The zero-order chi connectivity index (χ0) is 13.6. The Morgan fingerprint density at radius 2 is 2.16 bits per heavy atom. The van der Waals surface area contributed by atoms with Gasteiger partial charge in [-0.1, -0.05) is 12.1 Å². The number of aliphatic hydroxyl groups is 1. The molecule has 0 saturated carbocycles. The Labute approximate surface area is 107 Å². The molecule has 0 aliphatic carbocycles. The van der Waals surface area contributed by atoms with Gasteiger partial charge in [0.25, 0.3) is 11.3 Å². The molecule has 96 valence electrons. The van der Waals surface area contributed by atoms with Crippen molar-refractivity contribution in [3.05, 3.63) is 46.5 Å². The van der Waals surface area contributed by atoms with Crippen LogP contribution in [0, 0.1) is 0 Å². The van der Waals surface area contributed by atoms with E-state index in [0.29, 0.717) is 10.9 Å². The van der Waals surface area contributed by atoms with Crippen molar-refractivity contribution in [2.45, 2.75) is 5.72 Å². The van der Waals surface area contributed by atoms with Gasteiger partial charge >= 0.3 is 5.97 Å². The molecule has 0 saturated heterocycles. The molecule has 1 aromatic carbocycles. The third-order valence-corrected chi connectivity index (χ3v) is 3.09. The Morgan fingerprint density at radius 1 is 1.42 bits per heavy atom. The number of fused-ring (bicyclic) bond motifs is 2. The normalized spacial score (nSPS) is 20.5. The number of hydrogen-bond acceptors (Lipinski definition) is 5. The molecule has 2 aromatic rings. The molecule has 6 heteroatoms. The third-order valence-electron chi connectivity index (χ3n) is 3.09. The highest BCUT2D eigenvalue weighted by molar-refractivity contribution is 5.85. The molecule has 1 N–H and O–H groups in total. The predicted octanol–water partition coefficient (Wildman–Crippen LogP) is 0.241. The topological polar surface area (TPSA) is 81.4 Å². The van der Waals surface area contributed by atoms with E-state index in [4.69, 9.17) is 0 Å². The summed E-state index contributed by atoms with van der Waals surface area (Å²) >= 11 is 0. The van der Waals surface area contributed by atoms with Gasteiger partial charge in [0.05, 0.1) is 18.0 Å². The summed E-state index contributed by atoms with van der Waals surface area (Å²) in [5, 5.41) is 10.6. The quantitative estimate of drug-likeness (QED) is 0.741. The lowest BCUT2D eigenvalue weighted by molar-refractivity contribution is -0.166. The number of esters is 1. The fraction of sp³-hybridized carbons (Fsp3) is 0.154. The molecule has 0 unspecified atom stereocenters. The smallest absolute Gasteiger partial charge is 0.364 e. The molecule has 19 heavy (non-hydrogen) atoms. The van der Waals surface area contributed by atoms with Gasteiger partial charge in [-0.3, -0.25) is 4.79 Å². The fourth-order valence-electron chi connectivity index (χ4n) is 2.17. The van der Waals surface area contributed by atoms with Gasteiger partial charge in [-0.25, -0.2) is 14.3 Å². The van der Waals surface area contributed by atoms with E-state index in [9.17, 15) is 14.7 Å². The van der Waals surface area contributed by atoms with E-state index in [1.807, 2.05) is 0 Å². The summed E-state index contributed by atoms with van der Waals surface area (Å²) in [6.07, 6.45) is 2.62. The zero-order valence-corrected chi connectivity index (χ0v) is 10.0. The number of para-hydroxylation sites is 1. The van der Waals surface area contributed by atoms with Gasteiger partial charge in [-0.15, -0.1) is 0 Å². The van der Waals surface area contributed by atoms with Crippen molar-refractivity contribution in [2.24, 2.45) is 0 Å². The number of nitrogens with zero attached hydrogens (tertiary/aromatic N) is 2. The third kappa shape index (κ3) is 1.43. The number of ether oxygens (including phenoxy) is 1. The van der Waals surface area contributed by atoms with Gasteiger partial charge in [-0.2, -0.15) is 0 Å². The molecule has 0 fully saturated rings. The monoisotopic (exact) mass is 258 g/mol. The van der Waals surface area contributed by atoms with Crippen LogP contribution < -0.4 is 5.56 Å². The van der Waals surface area contributed by atoms with Crippen LogP contribution in [0.5, 0.6) is 0 Å². The van der Waals surface area contributed by atoms with Crippen molar-refractivity contribution in [3.63, 3.8) is 0 Å². The van der Waals surface area contributed by atoms with Crippen LogP contribution in [0.25, 0.3) is 17.0 Å². The minimum absolute atomic E-state index is 0.219. The minimum Gasteiger partial charge on any atom is -0.465 e. The van der Waals surface area contributed by atoms with Crippen LogP contribution in [0.15, 0.2) is 35.1 Å². The lowest BCUT2D eigenvalue weighted by Crippen LogP contribution is -2.45. The summed E-state index contributed by atoms with van der Waals surface area (Å²) in [5.74, 6) is -0.710. The SMILES string of the molecule is COC(=O)[C@@]1(O)C=Cc2nc3ccccc3c(=O)n21. The number of carbonyl (C=O) groups is 1. The van der Waals surface area contributed by atoms with Gasteiger partial charge in [0.2, 0.25) is 0 Å². The highest BCUT2D eigenvalue weighted by Gasteiger charge is 2.43. The summed E-state index contributed by atoms with van der Waals surface area (Å²) in [5.41, 5.74) is -2.10. The number of benzene rings is 1. The Balaban J connectivity index is 2.38. The molecular formula is C13H10N2O4. The first kappa shape index (κ1) is 11.6. The number of hydrogen-bond donors (Lipinski definition) is 1. The number of carbonyl (C=O) groups excluding carboxylic acids is 1. The van der Waals surface area contributed by atoms with Gasteiger partial charge in [-0.05, 0) is 24.3 Å². The van der Waals surface area contributed by atoms with Crippen LogP contribution in [0.4, 0.5) is 0 Å². The Kier molecular flexibility index (Phi) is 2.30. The number of rotatable bonds is 1. The lowest BCUT2D eigenvalue weighted by Gasteiger charge is -2.21. The van der Waals surface area contributed by atoms with E-state index < -0.39 is 17.3 Å². The van der Waals surface area contributed by atoms with Gasteiger partial charge in [0, 0.05) is 0 Å². The van der Waals surface area contributed by atoms with E-state index in [1.54, 1.807) is 24.3 Å². The fourth-order valence-corrected chi connectivity index (χ4v) is 2.17. The lowest BCUT2D eigenvalue weighted by atomic mass is 10.2. The van der Waals surface area contributed by atoms with E-state index in [0.717, 1.165) is 11.7 Å². The summed E-state index contributed by atoms with van der Waals surface area (Å²) < 4.78 is 5.47. The van der Waals surface area contributed by atoms with E-state index >= 15 is 0 Å². The molecule has 2 heterocycles. The molecule has 0 bridgehead atoms. The standard InChI is InChI=1S/C13H10N2O4/c1-19-12(17)13(18)7-6-10-14-9-5-3-2-4-8(9)11(16)15(10)13/h2-7,18H,1H3/t13-/m0/s1. The average molecular weight is 258 g/mol. The van der Waals surface area contributed by atoms with Crippen molar-refractivity contribution >= 4 is 22.9 Å². The molecule has 3 rings (SSSR count). The highest BCUT2D eigenvalue weighted by atomic mass is 16.5. The molecule has 1 aromatic heterocycles. The molecule has 0 amide bonds. The van der Waals surface area contributed by atoms with Crippen molar-refractivity contribution in [1.82, 2.24) is 9.55 Å². The second-order valence-corrected chi connectivity index (χ2v) is 4.18. The largest absolute Gasteiger partial charge is 0.465 e. The molecule has 0 radical (unpaired) electrons. The van der Waals surface area contributed by atoms with Crippen molar-refractivity contribution < 1.29 is 14.6 Å². The molecule has 1 aliphatic rings. The maximum absolute atomic E-state index is 12.4. The minimum atomic E-state index is -2.13. The molecule has 1 atom stereocenters. The molecular weight excluding hydrogens is 248 g/mol. The summed E-state index contributed by atoms with van der Waals surface area (Å²) in [6.45, 7) is 0. The van der Waals surface area contributed by atoms with Crippen molar-refractivity contribution in [1.29, 1.82) is 0 Å². The maximum atomic E-state index is 12.4. The van der Waals surface area contributed by atoms with Gasteiger partial charge < -0.3 is 9.84 Å². The van der Waals surface area contributed by atoms with Crippen molar-refractivity contribution in [2.75, 3.05) is 7.11 Å². The van der Waals surface area contributed by atoms with Crippen LogP contribution >= 0.6 is 0 Å². The van der Waals surface area contributed by atoms with Crippen LogP contribution in [0.2, 0.25) is 0 Å². The van der Waals surface area contributed by atoms with E-state index in [-0.39, 0.29) is 5.82 Å². The van der Waals surface area contributed by atoms with Crippen LogP contribution in [-0.4, -0.2) is 27.7 Å². The average Bonchev–Trinajstić information content (AvgIpc) is 2.77. The Hall–Kier alpha value is -2.47. The first-order valence-electron chi connectivity index (χ1n) is 5.60. The van der Waals surface area contributed by atoms with Gasteiger partial charge in [0.15, 0.2) is 0 Å².